The van der Waals surface area contributed by atoms with Gasteiger partial charge in [-0.15, -0.1) is 0 Å². The third kappa shape index (κ3) is 5.36. The molecule has 2 aromatic carbocycles. The Kier molecular flexibility index (Phi) is 7.61. The molecule has 0 atom stereocenters. The van der Waals surface area contributed by atoms with Gasteiger partial charge in [0.25, 0.3) is 11.6 Å². The lowest BCUT2D eigenvalue weighted by Gasteiger charge is -2.26. The molecule has 2 fully saturated rings. The minimum Gasteiger partial charge on any atom is -0.437 e. The molecule has 0 radical (unpaired) electrons. The molecular weight excluding hydrogens is 530 g/mol. The topological polar surface area (TPSA) is 146 Å². The maximum Gasteiger partial charge on any atom is 0.274 e. The van der Waals surface area contributed by atoms with Gasteiger partial charge in [0.15, 0.2) is 5.69 Å². The number of amides is 1. The van der Waals surface area contributed by atoms with Crippen molar-refractivity contribution in [1.82, 2.24) is 19.0 Å². The van der Waals surface area contributed by atoms with Crippen molar-refractivity contribution in [3.63, 3.8) is 0 Å². The van der Waals surface area contributed by atoms with Crippen LogP contribution in [0.3, 0.4) is 0 Å². The van der Waals surface area contributed by atoms with Crippen molar-refractivity contribution in [2.24, 2.45) is 0 Å². The molecule has 206 valence electrons. The molecule has 13 nitrogen and oxygen atoms in total. The lowest BCUT2D eigenvalue weighted by Crippen LogP contribution is -2.41. The summed E-state index contributed by atoms with van der Waals surface area (Å²) in [6.07, 6.45) is 0. The molecule has 0 aliphatic carbocycles. The summed E-state index contributed by atoms with van der Waals surface area (Å²) in [5.74, 6) is -0.317. The second-order valence-electron chi connectivity index (χ2n) is 8.94. The first-order valence-corrected chi connectivity index (χ1v) is 13.8. The van der Waals surface area contributed by atoms with E-state index in [0.717, 1.165) is 6.07 Å². The summed E-state index contributed by atoms with van der Waals surface area (Å²) < 4.78 is 46.7. The van der Waals surface area contributed by atoms with Gasteiger partial charge in [0.1, 0.15) is 10.6 Å². The summed E-state index contributed by atoms with van der Waals surface area (Å²) in [4.78, 5) is 25.5. The zero-order valence-electron chi connectivity index (χ0n) is 21.2. The van der Waals surface area contributed by atoms with Crippen LogP contribution in [0.5, 0.6) is 11.6 Å². The summed E-state index contributed by atoms with van der Waals surface area (Å²) >= 11 is 0. The maximum absolute atomic E-state index is 13.6. The number of nitro benzene ring substituents is 1. The van der Waals surface area contributed by atoms with Gasteiger partial charge in [0.2, 0.25) is 15.9 Å². The fourth-order valence-electron chi connectivity index (χ4n) is 4.39. The average Bonchev–Trinajstić information content (AvgIpc) is 3.29. The van der Waals surface area contributed by atoms with Crippen LogP contribution in [-0.4, -0.2) is 90.8 Å². The van der Waals surface area contributed by atoms with Crippen molar-refractivity contribution in [2.75, 3.05) is 52.6 Å². The van der Waals surface area contributed by atoms with Gasteiger partial charge in [-0.2, -0.15) is 14.1 Å². The van der Waals surface area contributed by atoms with Crippen LogP contribution < -0.4 is 4.74 Å². The molecule has 0 unspecified atom stereocenters. The van der Waals surface area contributed by atoms with Crippen molar-refractivity contribution >= 4 is 21.6 Å². The number of sulfonamides is 1. The standard InChI is InChI=1S/C25H27N5O8S/c1-18-23(24(31)27-9-13-36-14-10-27)26-29(19-5-3-2-4-6-19)25(18)38-21-8-7-20(30(32)33)17-22(21)39(34,35)28-11-15-37-16-12-28/h2-8,17H,9-16H2,1H3. The van der Waals surface area contributed by atoms with Crippen molar-refractivity contribution in [3.8, 4) is 17.3 Å². The highest BCUT2D eigenvalue weighted by Gasteiger charge is 2.33. The summed E-state index contributed by atoms with van der Waals surface area (Å²) in [7, 11) is -4.18. The van der Waals surface area contributed by atoms with Crippen molar-refractivity contribution in [1.29, 1.82) is 0 Å². The quantitative estimate of drug-likeness (QED) is 0.316. The second-order valence-corrected chi connectivity index (χ2v) is 10.8. The SMILES string of the molecule is Cc1c(C(=O)N2CCOCC2)nn(-c2ccccc2)c1Oc1ccc([N+](=O)[O-])cc1S(=O)(=O)N1CCOCC1. The van der Waals surface area contributed by atoms with E-state index in [1.165, 1.54) is 21.1 Å². The van der Waals surface area contributed by atoms with Gasteiger partial charge >= 0.3 is 0 Å². The molecule has 3 aromatic rings. The molecule has 3 heterocycles. The number of nitro groups is 1. The number of aromatic nitrogens is 2. The van der Waals surface area contributed by atoms with Crippen LogP contribution in [0.2, 0.25) is 0 Å². The Labute approximate surface area is 224 Å². The lowest BCUT2D eigenvalue weighted by atomic mass is 10.2. The Bertz CT molecular complexity index is 1480. The smallest absolute Gasteiger partial charge is 0.274 e. The summed E-state index contributed by atoms with van der Waals surface area (Å²) in [6, 6.07) is 12.3. The van der Waals surface area contributed by atoms with Gasteiger partial charge in [-0.3, -0.25) is 14.9 Å². The minimum atomic E-state index is -4.18. The summed E-state index contributed by atoms with van der Waals surface area (Å²) in [5.41, 5.74) is 0.723. The van der Waals surface area contributed by atoms with Crippen molar-refractivity contribution in [3.05, 3.63) is 69.9 Å². The number of non-ortho nitro benzene ring substituents is 1. The Morgan fingerprint density at radius 2 is 1.64 bits per heavy atom. The van der Waals surface area contributed by atoms with E-state index >= 15 is 0 Å². The molecule has 1 aromatic heterocycles. The lowest BCUT2D eigenvalue weighted by molar-refractivity contribution is -0.385. The number of ether oxygens (including phenoxy) is 3. The monoisotopic (exact) mass is 557 g/mol. The maximum atomic E-state index is 13.6. The number of carbonyl (C=O) groups excluding carboxylic acids is 1. The van der Waals surface area contributed by atoms with E-state index in [0.29, 0.717) is 37.6 Å². The minimum absolute atomic E-state index is 0.101. The van der Waals surface area contributed by atoms with Crippen LogP contribution >= 0.6 is 0 Å². The normalized spacial score (nSPS) is 16.7. The molecule has 2 aliphatic heterocycles. The van der Waals surface area contributed by atoms with Gasteiger partial charge in [-0.05, 0) is 25.1 Å². The molecule has 0 N–H and O–H groups in total. The van der Waals surface area contributed by atoms with Gasteiger partial charge in [-0.25, -0.2) is 8.42 Å². The van der Waals surface area contributed by atoms with Crippen LogP contribution in [0.1, 0.15) is 16.1 Å². The van der Waals surface area contributed by atoms with Crippen LogP contribution in [0.4, 0.5) is 5.69 Å². The van der Waals surface area contributed by atoms with Gasteiger partial charge in [-0.1, -0.05) is 18.2 Å². The molecule has 2 saturated heterocycles. The highest BCUT2D eigenvalue weighted by atomic mass is 32.2. The van der Waals surface area contributed by atoms with Crippen LogP contribution in [0.15, 0.2) is 53.4 Å². The van der Waals surface area contributed by atoms with Gasteiger partial charge in [0, 0.05) is 43.9 Å². The van der Waals surface area contributed by atoms with E-state index in [1.807, 2.05) is 6.07 Å². The number of hydrogen-bond donors (Lipinski definition) is 0. The first kappa shape index (κ1) is 26.7. The van der Waals surface area contributed by atoms with E-state index < -0.39 is 20.6 Å². The predicted octanol–water partition coefficient (Wildman–Crippen LogP) is 2.37. The van der Waals surface area contributed by atoms with E-state index in [2.05, 4.69) is 5.10 Å². The number of rotatable bonds is 7. The Morgan fingerprint density at radius 3 is 2.28 bits per heavy atom. The van der Waals surface area contributed by atoms with Crippen LogP contribution in [-0.2, 0) is 19.5 Å². The number of para-hydroxylation sites is 1. The molecule has 0 saturated carbocycles. The molecule has 39 heavy (non-hydrogen) atoms. The number of hydrogen-bond acceptors (Lipinski definition) is 9. The first-order chi connectivity index (χ1) is 18.8. The van der Waals surface area contributed by atoms with E-state index in [4.69, 9.17) is 14.2 Å². The Balaban J connectivity index is 1.61. The van der Waals surface area contributed by atoms with Crippen molar-refractivity contribution < 1.29 is 32.3 Å². The highest BCUT2D eigenvalue weighted by Crippen LogP contribution is 2.37. The number of benzene rings is 2. The fraction of sp³-hybridized carbons (Fsp3) is 0.360. The zero-order chi connectivity index (χ0) is 27.6. The largest absolute Gasteiger partial charge is 0.437 e. The molecular formula is C25H27N5O8S. The second kappa shape index (κ2) is 11.1. The molecule has 2 aliphatic rings. The van der Waals surface area contributed by atoms with E-state index in [-0.39, 0.29) is 54.4 Å². The number of nitrogens with zero attached hydrogens (tertiary/aromatic N) is 5. The Hall–Kier alpha value is -3.85. The van der Waals surface area contributed by atoms with Crippen LogP contribution in [0.25, 0.3) is 5.69 Å². The van der Waals surface area contributed by atoms with Gasteiger partial charge in [0.05, 0.1) is 37.0 Å². The molecule has 1 amide bonds. The van der Waals surface area contributed by atoms with Gasteiger partial charge < -0.3 is 19.1 Å². The number of morpholine rings is 2. The molecule has 0 bridgehead atoms. The highest BCUT2D eigenvalue weighted by molar-refractivity contribution is 7.89. The fourth-order valence-corrected chi connectivity index (χ4v) is 5.93. The summed E-state index contributed by atoms with van der Waals surface area (Å²) in [5, 5.41) is 16.1. The molecule has 14 heteroatoms. The average molecular weight is 558 g/mol. The predicted molar refractivity (Wildman–Crippen MR) is 138 cm³/mol. The van der Waals surface area contributed by atoms with E-state index in [1.54, 1.807) is 36.1 Å². The first-order valence-electron chi connectivity index (χ1n) is 12.3. The molecule has 5 rings (SSSR count). The third-order valence-electron chi connectivity index (χ3n) is 6.50. The van der Waals surface area contributed by atoms with Crippen LogP contribution in [0, 0.1) is 17.0 Å². The number of carbonyl (C=O) groups is 1. The molecule has 0 spiro atoms. The summed E-state index contributed by atoms with van der Waals surface area (Å²) in [6.45, 7) is 3.94. The third-order valence-corrected chi connectivity index (χ3v) is 8.42. The Morgan fingerprint density at radius 1 is 1.00 bits per heavy atom. The van der Waals surface area contributed by atoms with Crippen molar-refractivity contribution in [2.45, 2.75) is 11.8 Å². The van der Waals surface area contributed by atoms with E-state index in [9.17, 15) is 23.3 Å². The zero-order valence-corrected chi connectivity index (χ0v) is 22.0.